The summed E-state index contributed by atoms with van der Waals surface area (Å²) in [7, 11) is 0. The van der Waals surface area contributed by atoms with Crippen LogP contribution in [0.15, 0.2) is 0 Å². The minimum absolute atomic E-state index is 0.000379. The van der Waals surface area contributed by atoms with Gasteiger partial charge < -0.3 is 10.6 Å². The molecule has 4 heteroatoms. The summed E-state index contributed by atoms with van der Waals surface area (Å²) in [5.74, 6) is 1.26. The molecule has 1 heterocycles. The summed E-state index contributed by atoms with van der Waals surface area (Å²) in [6.07, 6.45) is 9.76. The van der Waals surface area contributed by atoms with Crippen LogP contribution in [-0.2, 0) is 9.59 Å². The average Bonchev–Trinajstić information content (AvgIpc) is 2.72. The van der Waals surface area contributed by atoms with Crippen molar-refractivity contribution in [3.05, 3.63) is 0 Å². The van der Waals surface area contributed by atoms with Gasteiger partial charge in [-0.05, 0) is 31.6 Å². The molecule has 120 valence electrons. The first kappa shape index (κ1) is 16.3. The number of carbonyl (C=O) groups is 2. The summed E-state index contributed by atoms with van der Waals surface area (Å²) in [6, 6.07) is -0.151. The minimum atomic E-state index is -0.332. The van der Waals surface area contributed by atoms with Crippen LogP contribution in [0.5, 0.6) is 0 Å². The number of nitrogens with one attached hydrogen (secondary N) is 2. The molecule has 1 aliphatic carbocycles. The minimum Gasteiger partial charge on any atom is -0.352 e. The zero-order chi connectivity index (χ0) is 15.2. The summed E-state index contributed by atoms with van der Waals surface area (Å²) in [4.78, 5) is 23.9. The molecule has 1 saturated carbocycles. The second-order valence-corrected chi connectivity index (χ2v) is 6.92. The van der Waals surface area contributed by atoms with Gasteiger partial charge in [-0.25, -0.2) is 0 Å². The molecule has 1 saturated heterocycles. The van der Waals surface area contributed by atoms with E-state index < -0.39 is 0 Å². The molecule has 2 rings (SSSR count). The van der Waals surface area contributed by atoms with Crippen LogP contribution >= 0.6 is 0 Å². The average molecular weight is 294 g/mol. The van der Waals surface area contributed by atoms with E-state index in [1.165, 1.54) is 32.1 Å². The quantitative estimate of drug-likeness (QED) is 0.837. The molecule has 2 N–H and O–H groups in total. The van der Waals surface area contributed by atoms with E-state index in [0.29, 0.717) is 12.3 Å². The van der Waals surface area contributed by atoms with Crippen molar-refractivity contribution < 1.29 is 9.59 Å². The van der Waals surface area contributed by atoms with E-state index in [2.05, 4.69) is 24.5 Å². The number of hydrogen-bond acceptors (Lipinski definition) is 2. The van der Waals surface area contributed by atoms with Gasteiger partial charge in [-0.2, -0.15) is 0 Å². The molecule has 3 atom stereocenters. The Balaban J connectivity index is 1.83. The highest BCUT2D eigenvalue weighted by molar-refractivity contribution is 5.88. The van der Waals surface area contributed by atoms with Crippen molar-refractivity contribution in [1.82, 2.24) is 10.6 Å². The molecular weight excluding hydrogens is 264 g/mol. The third-order valence-electron chi connectivity index (χ3n) is 5.35. The van der Waals surface area contributed by atoms with E-state index in [-0.39, 0.29) is 23.9 Å². The van der Waals surface area contributed by atoms with Gasteiger partial charge in [-0.3, -0.25) is 9.59 Å². The van der Waals surface area contributed by atoms with E-state index in [1.54, 1.807) is 0 Å². The van der Waals surface area contributed by atoms with Crippen LogP contribution < -0.4 is 10.6 Å². The third kappa shape index (κ3) is 4.72. The second-order valence-electron chi connectivity index (χ2n) is 6.92. The molecule has 0 aromatic rings. The van der Waals surface area contributed by atoms with Crippen molar-refractivity contribution >= 4 is 11.8 Å². The molecule has 0 aromatic carbocycles. The van der Waals surface area contributed by atoms with Crippen molar-refractivity contribution in [3.8, 4) is 0 Å². The SMILES string of the molecule is CC(NC(=O)C1CCCCC(=O)N1)C(C)C1CCCCC1. The van der Waals surface area contributed by atoms with Gasteiger partial charge in [0.2, 0.25) is 11.8 Å². The maximum absolute atomic E-state index is 12.4. The number of hydrogen-bond donors (Lipinski definition) is 2. The molecule has 2 aliphatic rings. The van der Waals surface area contributed by atoms with Gasteiger partial charge in [0.25, 0.3) is 0 Å². The van der Waals surface area contributed by atoms with Crippen LogP contribution in [0.2, 0.25) is 0 Å². The predicted octanol–water partition coefficient (Wildman–Crippen LogP) is 2.77. The molecule has 21 heavy (non-hydrogen) atoms. The zero-order valence-electron chi connectivity index (χ0n) is 13.5. The summed E-state index contributed by atoms with van der Waals surface area (Å²) < 4.78 is 0. The molecule has 2 amide bonds. The molecule has 0 bridgehead atoms. The standard InChI is InChI=1S/C17H30N2O2/c1-12(14-8-4-3-5-9-14)13(2)18-17(21)15-10-6-7-11-16(20)19-15/h12-15H,3-11H2,1-2H3,(H,18,21)(H,19,20). The van der Waals surface area contributed by atoms with Crippen LogP contribution in [0.25, 0.3) is 0 Å². The molecule has 0 aromatic heterocycles. The van der Waals surface area contributed by atoms with Gasteiger partial charge in [-0.1, -0.05) is 45.4 Å². The lowest BCUT2D eigenvalue weighted by atomic mass is 9.78. The normalized spacial score (nSPS) is 27.3. The maximum atomic E-state index is 12.4. The smallest absolute Gasteiger partial charge is 0.242 e. The second kappa shape index (κ2) is 7.81. The Kier molecular flexibility index (Phi) is 6.07. The topological polar surface area (TPSA) is 58.2 Å². The Labute approximate surface area is 128 Å². The molecule has 1 aliphatic heterocycles. The zero-order valence-corrected chi connectivity index (χ0v) is 13.5. The summed E-state index contributed by atoms with van der Waals surface area (Å²) in [5.41, 5.74) is 0. The van der Waals surface area contributed by atoms with E-state index in [0.717, 1.165) is 25.2 Å². The summed E-state index contributed by atoms with van der Waals surface area (Å²) in [6.45, 7) is 4.36. The van der Waals surface area contributed by atoms with Crippen molar-refractivity contribution in [1.29, 1.82) is 0 Å². The van der Waals surface area contributed by atoms with Crippen LogP contribution in [0.4, 0.5) is 0 Å². The number of amides is 2. The first-order valence-corrected chi connectivity index (χ1v) is 8.67. The summed E-state index contributed by atoms with van der Waals surface area (Å²) in [5, 5.41) is 5.99. The Bertz CT molecular complexity index is 364. The molecule has 2 fully saturated rings. The number of rotatable bonds is 4. The number of carbonyl (C=O) groups excluding carboxylic acids is 2. The molecule has 3 unspecified atom stereocenters. The highest BCUT2D eigenvalue weighted by atomic mass is 16.2. The maximum Gasteiger partial charge on any atom is 0.242 e. The van der Waals surface area contributed by atoms with E-state index >= 15 is 0 Å². The predicted molar refractivity (Wildman–Crippen MR) is 83.7 cm³/mol. The van der Waals surface area contributed by atoms with Crippen LogP contribution in [0.3, 0.4) is 0 Å². The van der Waals surface area contributed by atoms with Crippen LogP contribution in [0, 0.1) is 11.8 Å². The monoisotopic (exact) mass is 294 g/mol. The lowest BCUT2D eigenvalue weighted by Gasteiger charge is -2.32. The van der Waals surface area contributed by atoms with E-state index in [1.807, 2.05) is 0 Å². The van der Waals surface area contributed by atoms with Crippen LogP contribution in [0.1, 0.15) is 71.6 Å². The van der Waals surface area contributed by atoms with Crippen molar-refractivity contribution in [2.75, 3.05) is 0 Å². The third-order valence-corrected chi connectivity index (χ3v) is 5.35. The van der Waals surface area contributed by atoms with Gasteiger partial charge in [0.1, 0.15) is 6.04 Å². The van der Waals surface area contributed by atoms with Gasteiger partial charge in [0, 0.05) is 12.5 Å². The largest absolute Gasteiger partial charge is 0.352 e. The Morgan fingerprint density at radius 2 is 1.76 bits per heavy atom. The fourth-order valence-corrected chi connectivity index (χ4v) is 3.69. The first-order valence-electron chi connectivity index (χ1n) is 8.67. The Morgan fingerprint density at radius 1 is 1.10 bits per heavy atom. The molecular formula is C17H30N2O2. The van der Waals surface area contributed by atoms with E-state index in [9.17, 15) is 9.59 Å². The fraction of sp³-hybridized carbons (Fsp3) is 0.882. The van der Waals surface area contributed by atoms with Crippen molar-refractivity contribution in [3.63, 3.8) is 0 Å². The fourth-order valence-electron chi connectivity index (χ4n) is 3.69. The van der Waals surface area contributed by atoms with Crippen molar-refractivity contribution in [2.45, 2.75) is 83.7 Å². The van der Waals surface area contributed by atoms with Crippen LogP contribution in [-0.4, -0.2) is 23.9 Å². The molecule has 4 nitrogen and oxygen atoms in total. The molecule has 0 spiro atoms. The van der Waals surface area contributed by atoms with E-state index in [4.69, 9.17) is 0 Å². The first-order chi connectivity index (χ1) is 10.1. The highest BCUT2D eigenvalue weighted by Crippen LogP contribution is 2.31. The lowest BCUT2D eigenvalue weighted by molar-refractivity contribution is -0.129. The van der Waals surface area contributed by atoms with Gasteiger partial charge in [0.15, 0.2) is 0 Å². The Hall–Kier alpha value is -1.06. The lowest BCUT2D eigenvalue weighted by Crippen LogP contribution is -2.50. The van der Waals surface area contributed by atoms with Crippen molar-refractivity contribution in [2.24, 2.45) is 11.8 Å². The molecule has 0 radical (unpaired) electrons. The van der Waals surface area contributed by atoms with Gasteiger partial charge >= 0.3 is 0 Å². The van der Waals surface area contributed by atoms with Gasteiger partial charge in [-0.15, -0.1) is 0 Å². The Morgan fingerprint density at radius 3 is 2.48 bits per heavy atom. The summed E-state index contributed by atoms with van der Waals surface area (Å²) >= 11 is 0. The highest BCUT2D eigenvalue weighted by Gasteiger charge is 2.28. The van der Waals surface area contributed by atoms with Gasteiger partial charge in [0.05, 0.1) is 0 Å².